The van der Waals surface area contributed by atoms with Gasteiger partial charge in [-0.05, 0) is 45.7 Å². The molecule has 36 heavy (non-hydrogen) atoms. The van der Waals surface area contributed by atoms with E-state index in [4.69, 9.17) is 4.98 Å². The molecule has 12 heteroatoms. The van der Waals surface area contributed by atoms with Crippen molar-refractivity contribution in [2.24, 2.45) is 0 Å². The summed E-state index contributed by atoms with van der Waals surface area (Å²) in [6, 6.07) is 6.19. The molecule has 2 N–H and O–H groups in total. The van der Waals surface area contributed by atoms with Crippen molar-refractivity contribution in [1.29, 1.82) is 0 Å². The Balaban J connectivity index is 0.00000152. The van der Waals surface area contributed by atoms with Gasteiger partial charge < -0.3 is 15.3 Å². The first-order valence-electron chi connectivity index (χ1n) is 11.7. The topological polar surface area (TPSA) is 117 Å². The summed E-state index contributed by atoms with van der Waals surface area (Å²) in [4.78, 5) is 16.1. The lowest BCUT2D eigenvalue weighted by atomic mass is 10.1. The Bertz CT molecular complexity index is 1360. The van der Waals surface area contributed by atoms with Crippen molar-refractivity contribution < 1.29 is 5.11 Å². The van der Waals surface area contributed by atoms with Crippen molar-refractivity contribution in [3.63, 3.8) is 0 Å². The van der Waals surface area contributed by atoms with E-state index in [1.54, 1.807) is 16.8 Å². The molecule has 1 aliphatic carbocycles. The summed E-state index contributed by atoms with van der Waals surface area (Å²) in [6.45, 7) is 7.84. The van der Waals surface area contributed by atoms with Gasteiger partial charge in [-0.3, -0.25) is 0 Å². The van der Waals surface area contributed by atoms with Crippen LogP contribution in [0.3, 0.4) is 0 Å². The largest absolute Gasteiger partial charge is 0.507 e. The van der Waals surface area contributed by atoms with Crippen molar-refractivity contribution in [3.8, 4) is 28.3 Å². The normalized spacial score (nSPS) is 19.6. The smallest absolute Gasteiger partial charge is 0.245 e. The van der Waals surface area contributed by atoms with Gasteiger partial charge in [-0.1, -0.05) is 6.07 Å². The molecule has 0 spiro atoms. The molecule has 2 fully saturated rings. The molecule has 1 aromatic carbocycles. The summed E-state index contributed by atoms with van der Waals surface area (Å²) in [7, 11) is 0. The van der Waals surface area contributed by atoms with E-state index in [0.29, 0.717) is 35.2 Å². The molecule has 4 heterocycles. The lowest BCUT2D eigenvalue weighted by molar-refractivity contribution is 0.402. The molecule has 2 atom stereocenters. The molecule has 0 amide bonds. The van der Waals surface area contributed by atoms with Crippen LogP contribution in [-0.4, -0.2) is 65.0 Å². The van der Waals surface area contributed by atoms with Gasteiger partial charge in [0, 0.05) is 42.2 Å². The first kappa shape index (κ1) is 26.0. The van der Waals surface area contributed by atoms with E-state index in [-0.39, 0.29) is 30.6 Å². The quantitative estimate of drug-likeness (QED) is 0.408. The second kappa shape index (κ2) is 10.1. The van der Waals surface area contributed by atoms with Gasteiger partial charge in [0.05, 0.1) is 23.8 Å². The minimum Gasteiger partial charge on any atom is -0.507 e. The first-order valence-corrected chi connectivity index (χ1v) is 11.7. The summed E-state index contributed by atoms with van der Waals surface area (Å²) in [5, 5.41) is 27.5. The van der Waals surface area contributed by atoms with Crippen LogP contribution in [-0.2, 0) is 0 Å². The van der Waals surface area contributed by atoms with E-state index in [9.17, 15) is 5.11 Å². The molecule has 6 rings (SSSR count). The molecular weight excluding hydrogens is 501 g/mol. The average molecular weight is 530 g/mol. The predicted octanol–water partition coefficient (Wildman–Crippen LogP) is 3.56. The Hall–Kier alpha value is -3.08. The van der Waals surface area contributed by atoms with Crippen LogP contribution in [0.5, 0.6) is 5.75 Å². The van der Waals surface area contributed by atoms with Crippen LogP contribution in [0.25, 0.3) is 28.2 Å². The predicted molar refractivity (Wildman–Crippen MR) is 142 cm³/mol. The van der Waals surface area contributed by atoms with Crippen LogP contribution in [0.1, 0.15) is 44.1 Å². The number of aromatic hydroxyl groups is 1. The van der Waals surface area contributed by atoms with Gasteiger partial charge in [-0.15, -0.1) is 35.0 Å². The maximum absolute atomic E-state index is 10.8. The molecule has 0 radical (unpaired) electrons. The maximum Gasteiger partial charge on any atom is 0.245 e. The Labute approximate surface area is 221 Å². The highest BCUT2D eigenvalue weighted by atomic mass is 35.5. The Kier molecular flexibility index (Phi) is 7.31. The van der Waals surface area contributed by atoms with E-state index in [0.717, 1.165) is 54.4 Å². The summed E-state index contributed by atoms with van der Waals surface area (Å²) >= 11 is 0. The van der Waals surface area contributed by atoms with Crippen molar-refractivity contribution >= 4 is 36.4 Å². The number of hydrogen-bond acceptors (Lipinski definition) is 9. The molecule has 0 unspecified atom stereocenters. The number of rotatable bonds is 4. The van der Waals surface area contributed by atoms with Crippen molar-refractivity contribution in [1.82, 2.24) is 40.1 Å². The average Bonchev–Trinajstić information content (AvgIpc) is 3.58. The van der Waals surface area contributed by atoms with E-state index in [2.05, 4.69) is 49.3 Å². The number of hydrogen-bond donors (Lipinski definition) is 2. The number of piperazine rings is 1. The van der Waals surface area contributed by atoms with E-state index in [1.807, 2.05) is 25.3 Å². The van der Waals surface area contributed by atoms with Gasteiger partial charge in [-0.2, -0.15) is 5.10 Å². The zero-order valence-corrected chi connectivity index (χ0v) is 21.9. The highest BCUT2D eigenvalue weighted by Gasteiger charge is 2.29. The van der Waals surface area contributed by atoms with Gasteiger partial charge >= 0.3 is 0 Å². The standard InChI is InChI=1S/C24H27N9O.2ClH/c1-13-10-32(11-14(2)26-13)24-25-9-19(29-30-24)18-7-6-17(8-21(18)34)20-12-33-23(27-15(3)31-33)22(28-20)16-4-5-16;;/h6-9,12-14,16,26,34H,4-5,10-11H2,1-3H3;2*1H/t13-,14+;;. The van der Waals surface area contributed by atoms with Crippen LogP contribution in [0.4, 0.5) is 5.95 Å². The van der Waals surface area contributed by atoms with Gasteiger partial charge in [0.1, 0.15) is 17.3 Å². The molecular formula is C24H29Cl2N9O. The number of aromatic nitrogens is 7. The van der Waals surface area contributed by atoms with Crippen molar-refractivity contribution in [3.05, 3.63) is 42.1 Å². The number of benzene rings is 1. The molecule has 3 aromatic heterocycles. The lowest BCUT2D eigenvalue weighted by Crippen LogP contribution is -2.54. The Morgan fingerprint density at radius 3 is 2.39 bits per heavy atom. The third kappa shape index (κ3) is 4.93. The first-order chi connectivity index (χ1) is 16.4. The molecule has 1 aliphatic heterocycles. The number of halogens is 2. The molecule has 4 aromatic rings. The van der Waals surface area contributed by atoms with Crippen LogP contribution in [0.15, 0.2) is 30.6 Å². The molecule has 0 bridgehead atoms. The van der Waals surface area contributed by atoms with E-state index < -0.39 is 0 Å². The third-order valence-electron chi connectivity index (χ3n) is 6.38. The molecule has 2 aliphatic rings. The zero-order valence-electron chi connectivity index (χ0n) is 20.3. The highest BCUT2D eigenvalue weighted by Crippen LogP contribution is 2.41. The number of nitrogens with one attached hydrogen (secondary N) is 1. The summed E-state index contributed by atoms with van der Waals surface area (Å²) < 4.78 is 1.79. The second-order valence-corrected chi connectivity index (χ2v) is 9.46. The fourth-order valence-corrected chi connectivity index (χ4v) is 4.72. The van der Waals surface area contributed by atoms with Crippen LogP contribution in [0.2, 0.25) is 0 Å². The monoisotopic (exact) mass is 529 g/mol. The summed E-state index contributed by atoms with van der Waals surface area (Å²) in [5.41, 5.74) is 4.46. The number of anilines is 1. The van der Waals surface area contributed by atoms with Crippen LogP contribution < -0.4 is 10.2 Å². The Morgan fingerprint density at radius 2 is 1.75 bits per heavy atom. The van der Waals surface area contributed by atoms with Crippen molar-refractivity contribution in [2.75, 3.05) is 18.0 Å². The van der Waals surface area contributed by atoms with Crippen molar-refractivity contribution in [2.45, 2.75) is 51.6 Å². The van der Waals surface area contributed by atoms with Gasteiger partial charge in [-0.25, -0.2) is 19.5 Å². The number of phenolic OH excluding ortho intramolecular Hbond substituents is 1. The van der Waals surface area contributed by atoms with E-state index in [1.165, 1.54) is 0 Å². The fourth-order valence-electron chi connectivity index (χ4n) is 4.72. The minimum atomic E-state index is 0. The molecule has 10 nitrogen and oxygen atoms in total. The van der Waals surface area contributed by atoms with Gasteiger partial charge in [0.15, 0.2) is 5.65 Å². The third-order valence-corrected chi connectivity index (χ3v) is 6.38. The Morgan fingerprint density at radius 1 is 1.00 bits per heavy atom. The maximum atomic E-state index is 10.8. The SMILES string of the molecule is Cc1nc2c(C3CC3)nc(-c3ccc(-c4cnc(N5C[C@@H](C)N[C@@H](C)C5)nn4)c(O)c3)cn2n1.Cl.Cl. The zero-order chi connectivity index (χ0) is 23.4. The van der Waals surface area contributed by atoms with Gasteiger partial charge in [0.2, 0.25) is 5.95 Å². The minimum absolute atomic E-state index is 0. The fraction of sp³-hybridized carbons (Fsp3) is 0.417. The van der Waals surface area contributed by atoms with E-state index >= 15 is 0 Å². The number of aryl methyl sites for hydroxylation is 1. The van der Waals surface area contributed by atoms with Crippen LogP contribution in [0, 0.1) is 6.92 Å². The molecule has 1 saturated heterocycles. The van der Waals surface area contributed by atoms with Crippen LogP contribution >= 0.6 is 24.8 Å². The molecule has 190 valence electrons. The summed E-state index contributed by atoms with van der Waals surface area (Å²) in [6.07, 6.45) is 5.77. The number of phenols is 1. The number of nitrogens with zero attached hydrogens (tertiary/aromatic N) is 8. The lowest BCUT2D eigenvalue weighted by Gasteiger charge is -2.35. The summed E-state index contributed by atoms with van der Waals surface area (Å²) in [5.74, 6) is 1.86. The number of fused-ring (bicyclic) bond motifs is 1. The highest BCUT2D eigenvalue weighted by molar-refractivity contribution is 5.85. The van der Waals surface area contributed by atoms with Gasteiger partial charge in [0.25, 0.3) is 0 Å². The molecule has 1 saturated carbocycles. The second-order valence-electron chi connectivity index (χ2n) is 9.46.